The fraction of sp³-hybridized carbons (Fsp3) is 0.800. The standard InChI is InChI=1S/C10H21N3O3/c1-3-9(15)13-8(6-7(2)14)10(16)12-5-4-11/h8-9,13,15H,3-6,11H2,1-2H3,(H,12,16). The highest BCUT2D eigenvalue weighted by Crippen LogP contribution is 1.97. The topological polar surface area (TPSA) is 104 Å². The summed E-state index contributed by atoms with van der Waals surface area (Å²) >= 11 is 0. The maximum absolute atomic E-state index is 11.6. The first-order valence-electron chi connectivity index (χ1n) is 5.42. The molecule has 0 saturated heterocycles. The van der Waals surface area contributed by atoms with Crippen LogP contribution in [0.4, 0.5) is 0 Å². The highest BCUT2D eigenvalue weighted by molar-refractivity contribution is 5.88. The summed E-state index contributed by atoms with van der Waals surface area (Å²) in [4.78, 5) is 22.6. The summed E-state index contributed by atoms with van der Waals surface area (Å²) in [5.41, 5.74) is 5.25. The average Bonchev–Trinajstić information content (AvgIpc) is 2.24. The van der Waals surface area contributed by atoms with Crippen molar-refractivity contribution < 1.29 is 14.7 Å². The summed E-state index contributed by atoms with van der Waals surface area (Å²) < 4.78 is 0. The van der Waals surface area contributed by atoms with Crippen molar-refractivity contribution in [3.8, 4) is 0 Å². The van der Waals surface area contributed by atoms with Gasteiger partial charge in [-0.2, -0.15) is 0 Å². The van der Waals surface area contributed by atoms with Gasteiger partial charge in [0.25, 0.3) is 0 Å². The number of carbonyl (C=O) groups is 2. The third kappa shape index (κ3) is 6.49. The first-order valence-corrected chi connectivity index (χ1v) is 5.42. The molecule has 0 rings (SSSR count). The van der Waals surface area contributed by atoms with Crippen molar-refractivity contribution in [3.05, 3.63) is 0 Å². The van der Waals surface area contributed by atoms with Gasteiger partial charge in [-0.05, 0) is 13.3 Å². The van der Waals surface area contributed by atoms with Crippen molar-refractivity contribution in [2.75, 3.05) is 13.1 Å². The minimum atomic E-state index is -0.784. The minimum Gasteiger partial charge on any atom is -0.379 e. The molecule has 1 amide bonds. The van der Waals surface area contributed by atoms with Crippen molar-refractivity contribution in [1.82, 2.24) is 10.6 Å². The number of nitrogens with one attached hydrogen (secondary N) is 2. The first kappa shape index (κ1) is 15.0. The number of ketones is 1. The molecule has 16 heavy (non-hydrogen) atoms. The summed E-state index contributed by atoms with van der Waals surface area (Å²) in [6.07, 6.45) is -0.251. The van der Waals surface area contributed by atoms with Crippen LogP contribution in [0.25, 0.3) is 0 Å². The van der Waals surface area contributed by atoms with E-state index < -0.39 is 12.3 Å². The smallest absolute Gasteiger partial charge is 0.237 e. The molecule has 0 fully saturated rings. The number of hydrogen-bond donors (Lipinski definition) is 4. The van der Waals surface area contributed by atoms with Crippen molar-refractivity contribution >= 4 is 11.7 Å². The molecule has 94 valence electrons. The van der Waals surface area contributed by atoms with Gasteiger partial charge in [0, 0.05) is 19.5 Å². The van der Waals surface area contributed by atoms with Crippen LogP contribution in [0, 0.1) is 0 Å². The zero-order valence-corrected chi connectivity index (χ0v) is 9.82. The zero-order valence-electron chi connectivity index (χ0n) is 9.82. The van der Waals surface area contributed by atoms with Crippen LogP contribution in [0.1, 0.15) is 26.7 Å². The fourth-order valence-electron chi connectivity index (χ4n) is 1.18. The molecule has 0 aromatic heterocycles. The van der Waals surface area contributed by atoms with E-state index in [1.54, 1.807) is 6.92 Å². The van der Waals surface area contributed by atoms with E-state index in [-0.39, 0.29) is 18.1 Å². The zero-order chi connectivity index (χ0) is 12.6. The molecular weight excluding hydrogens is 210 g/mol. The summed E-state index contributed by atoms with van der Waals surface area (Å²) in [5.74, 6) is -0.420. The van der Waals surface area contributed by atoms with Crippen LogP contribution in [-0.4, -0.2) is 42.2 Å². The number of aliphatic hydroxyl groups excluding tert-OH is 1. The van der Waals surface area contributed by atoms with Gasteiger partial charge in [-0.1, -0.05) is 6.92 Å². The quantitative estimate of drug-likeness (QED) is 0.390. The Morgan fingerprint density at radius 3 is 2.50 bits per heavy atom. The van der Waals surface area contributed by atoms with Crippen LogP contribution in [0.15, 0.2) is 0 Å². The Labute approximate surface area is 95.6 Å². The maximum atomic E-state index is 11.6. The predicted molar refractivity (Wildman–Crippen MR) is 60.6 cm³/mol. The maximum Gasteiger partial charge on any atom is 0.237 e. The molecule has 0 radical (unpaired) electrons. The third-order valence-corrected chi connectivity index (χ3v) is 2.03. The van der Waals surface area contributed by atoms with Gasteiger partial charge in [0.2, 0.25) is 5.91 Å². The Morgan fingerprint density at radius 2 is 2.06 bits per heavy atom. The van der Waals surface area contributed by atoms with E-state index in [1.165, 1.54) is 6.92 Å². The molecule has 0 aliphatic heterocycles. The van der Waals surface area contributed by atoms with Gasteiger partial charge in [-0.25, -0.2) is 0 Å². The molecule has 0 heterocycles. The van der Waals surface area contributed by atoms with E-state index in [2.05, 4.69) is 10.6 Å². The van der Waals surface area contributed by atoms with E-state index in [0.717, 1.165) is 0 Å². The summed E-state index contributed by atoms with van der Waals surface area (Å²) in [5, 5.41) is 14.7. The molecule has 2 atom stereocenters. The molecule has 0 aliphatic carbocycles. The Hall–Kier alpha value is -0.980. The van der Waals surface area contributed by atoms with Gasteiger partial charge in [0.15, 0.2) is 0 Å². The second-order valence-corrected chi connectivity index (χ2v) is 3.63. The number of Topliss-reactive ketones (excluding diaryl/α,β-unsaturated/α-hetero) is 1. The Morgan fingerprint density at radius 1 is 1.44 bits per heavy atom. The molecular formula is C10H21N3O3. The molecule has 6 nitrogen and oxygen atoms in total. The normalized spacial score (nSPS) is 14.2. The Balaban J connectivity index is 4.28. The molecule has 0 saturated carbocycles. The van der Waals surface area contributed by atoms with Gasteiger partial charge in [-0.15, -0.1) is 0 Å². The molecule has 5 N–H and O–H groups in total. The lowest BCUT2D eigenvalue weighted by Gasteiger charge is -2.20. The van der Waals surface area contributed by atoms with E-state index in [4.69, 9.17) is 5.73 Å². The largest absolute Gasteiger partial charge is 0.379 e. The average molecular weight is 231 g/mol. The second-order valence-electron chi connectivity index (χ2n) is 3.63. The minimum absolute atomic E-state index is 0.0630. The van der Waals surface area contributed by atoms with Crippen LogP contribution < -0.4 is 16.4 Å². The first-order chi connectivity index (χ1) is 7.51. The van der Waals surface area contributed by atoms with Crippen molar-refractivity contribution in [1.29, 1.82) is 0 Å². The highest BCUT2D eigenvalue weighted by Gasteiger charge is 2.21. The summed E-state index contributed by atoms with van der Waals surface area (Å²) in [6, 6.07) is -0.695. The Bertz CT molecular complexity index is 233. The van der Waals surface area contributed by atoms with Crippen LogP contribution >= 0.6 is 0 Å². The molecule has 6 heteroatoms. The monoisotopic (exact) mass is 231 g/mol. The fourth-order valence-corrected chi connectivity index (χ4v) is 1.18. The number of rotatable bonds is 8. The van der Waals surface area contributed by atoms with E-state index in [1.807, 2.05) is 0 Å². The molecule has 0 spiro atoms. The molecule has 0 aromatic rings. The van der Waals surface area contributed by atoms with Crippen molar-refractivity contribution in [2.45, 2.75) is 39.0 Å². The van der Waals surface area contributed by atoms with Crippen LogP contribution in [-0.2, 0) is 9.59 Å². The molecule has 0 aliphatic rings. The van der Waals surface area contributed by atoms with Crippen molar-refractivity contribution in [3.63, 3.8) is 0 Å². The second kappa shape index (κ2) is 8.20. The SMILES string of the molecule is CCC(O)NC(CC(C)=O)C(=O)NCCN. The van der Waals surface area contributed by atoms with Gasteiger partial charge in [-0.3, -0.25) is 14.9 Å². The lowest BCUT2D eigenvalue weighted by molar-refractivity contribution is -0.127. The van der Waals surface area contributed by atoms with Gasteiger partial charge in [0.1, 0.15) is 12.0 Å². The molecule has 2 unspecified atom stereocenters. The third-order valence-electron chi connectivity index (χ3n) is 2.03. The summed E-state index contributed by atoms with van der Waals surface area (Å²) in [6.45, 7) is 3.88. The number of hydrogen-bond acceptors (Lipinski definition) is 5. The highest BCUT2D eigenvalue weighted by atomic mass is 16.3. The lowest BCUT2D eigenvalue weighted by atomic mass is 10.1. The molecule has 0 aromatic carbocycles. The lowest BCUT2D eigenvalue weighted by Crippen LogP contribution is -2.49. The number of aliphatic hydroxyl groups is 1. The van der Waals surface area contributed by atoms with Crippen LogP contribution in [0.3, 0.4) is 0 Å². The van der Waals surface area contributed by atoms with E-state index in [0.29, 0.717) is 19.5 Å². The van der Waals surface area contributed by atoms with E-state index >= 15 is 0 Å². The summed E-state index contributed by atoms with van der Waals surface area (Å²) in [7, 11) is 0. The number of amides is 1. The predicted octanol–water partition coefficient (Wildman–Crippen LogP) is -1.27. The number of nitrogens with two attached hydrogens (primary N) is 1. The van der Waals surface area contributed by atoms with Gasteiger partial charge >= 0.3 is 0 Å². The van der Waals surface area contributed by atoms with Crippen molar-refractivity contribution in [2.24, 2.45) is 5.73 Å². The molecule has 0 bridgehead atoms. The van der Waals surface area contributed by atoms with E-state index in [9.17, 15) is 14.7 Å². The van der Waals surface area contributed by atoms with Gasteiger partial charge < -0.3 is 16.2 Å². The van der Waals surface area contributed by atoms with Gasteiger partial charge in [0.05, 0.1) is 6.04 Å². The van der Waals surface area contributed by atoms with Crippen LogP contribution in [0.5, 0.6) is 0 Å². The van der Waals surface area contributed by atoms with Crippen LogP contribution in [0.2, 0.25) is 0 Å². The Kier molecular flexibility index (Phi) is 7.70. The number of carbonyl (C=O) groups excluding carboxylic acids is 2.